The van der Waals surface area contributed by atoms with Gasteiger partial charge in [0.1, 0.15) is 17.3 Å². The lowest BCUT2D eigenvalue weighted by Crippen LogP contribution is -2.41. The second-order valence-corrected chi connectivity index (χ2v) is 7.26. The molecule has 3 rings (SSSR count). The van der Waals surface area contributed by atoms with Crippen molar-refractivity contribution >= 4 is 17.8 Å². The van der Waals surface area contributed by atoms with Crippen molar-refractivity contribution in [3.63, 3.8) is 0 Å². The first-order chi connectivity index (χ1) is 14.2. The first kappa shape index (κ1) is 22.2. The molecule has 0 saturated carbocycles. The van der Waals surface area contributed by atoms with Crippen LogP contribution in [-0.4, -0.2) is 62.8 Å². The summed E-state index contributed by atoms with van der Waals surface area (Å²) < 4.78 is 56.2. The number of nitrogens with zero attached hydrogens (tertiary/aromatic N) is 3. The van der Waals surface area contributed by atoms with Gasteiger partial charge in [0.05, 0.1) is 12.5 Å². The van der Waals surface area contributed by atoms with Crippen LogP contribution in [-0.2, 0) is 11.3 Å². The molecule has 30 heavy (non-hydrogen) atoms. The van der Waals surface area contributed by atoms with Crippen molar-refractivity contribution < 1.29 is 27.2 Å². The summed E-state index contributed by atoms with van der Waals surface area (Å²) in [4.78, 5) is 1.94. The van der Waals surface area contributed by atoms with E-state index < -0.39 is 18.1 Å². The van der Waals surface area contributed by atoms with Crippen molar-refractivity contribution in [2.45, 2.75) is 24.7 Å². The van der Waals surface area contributed by atoms with Crippen LogP contribution in [0.25, 0.3) is 11.3 Å². The van der Waals surface area contributed by atoms with Crippen LogP contribution >= 0.6 is 11.6 Å². The molecule has 1 aliphatic heterocycles. The lowest BCUT2D eigenvalue weighted by molar-refractivity contribution is -0.155. The van der Waals surface area contributed by atoms with Crippen LogP contribution in [0.15, 0.2) is 15.7 Å². The van der Waals surface area contributed by atoms with Crippen LogP contribution in [0.5, 0.6) is 5.75 Å². The topological polar surface area (TPSA) is 72.1 Å². The monoisotopic (exact) mass is 444 g/mol. The highest BCUT2D eigenvalue weighted by atomic mass is 35.5. The molecule has 7 nitrogen and oxygen atoms in total. The van der Waals surface area contributed by atoms with Crippen molar-refractivity contribution in [1.82, 2.24) is 15.5 Å². The van der Waals surface area contributed by atoms with Crippen molar-refractivity contribution in [3.8, 4) is 17.0 Å². The maximum Gasteiger partial charge on any atom is 0.411 e. The number of nitrogens with one attached hydrogen (secondary N) is 1. The number of hydrogen-bond acceptors (Lipinski definition) is 7. The van der Waals surface area contributed by atoms with Gasteiger partial charge in [0.2, 0.25) is 0 Å². The molecule has 0 fully saturated rings. The SMILES string of the molecule is COCc1c(-c2cc#cc(OCCN(C)C)c2Cl)noc1C1C=NNC1C(F)(F)F. The Morgan fingerprint density at radius 2 is 2.13 bits per heavy atom. The van der Waals surface area contributed by atoms with E-state index in [9.17, 15) is 13.2 Å². The lowest BCUT2D eigenvalue weighted by Gasteiger charge is -2.20. The second kappa shape index (κ2) is 9.12. The summed E-state index contributed by atoms with van der Waals surface area (Å²) in [6, 6.07) is 5.18. The zero-order valence-electron chi connectivity index (χ0n) is 16.5. The number of ether oxygens (including phenoxy) is 2. The van der Waals surface area contributed by atoms with Crippen LogP contribution in [0.2, 0.25) is 5.02 Å². The number of likely N-dealkylation sites (N-methyl/N-ethyl adjacent to an activating group) is 1. The molecule has 1 aromatic heterocycles. The third-order valence-electron chi connectivity index (χ3n) is 4.45. The van der Waals surface area contributed by atoms with Crippen LogP contribution in [0.1, 0.15) is 17.2 Å². The Kier molecular flexibility index (Phi) is 6.75. The van der Waals surface area contributed by atoms with Crippen LogP contribution < -0.4 is 10.2 Å². The summed E-state index contributed by atoms with van der Waals surface area (Å²) in [7, 11) is 5.23. The summed E-state index contributed by atoms with van der Waals surface area (Å²) >= 11 is 6.47. The largest absolute Gasteiger partial charge is 0.483 e. The fourth-order valence-electron chi connectivity index (χ4n) is 2.96. The molecule has 1 N–H and O–H groups in total. The summed E-state index contributed by atoms with van der Waals surface area (Å²) in [5.41, 5.74) is 3.05. The molecule has 0 aliphatic carbocycles. The van der Waals surface area contributed by atoms with E-state index in [0.29, 0.717) is 24.3 Å². The number of aromatic nitrogens is 1. The van der Waals surface area contributed by atoms with Crippen molar-refractivity contribution in [1.29, 1.82) is 0 Å². The zero-order valence-corrected chi connectivity index (χ0v) is 17.3. The minimum absolute atomic E-state index is 0.00176. The van der Waals surface area contributed by atoms with E-state index in [-0.39, 0.29) is 28.8 Å². The third kappa shape index (κ3) is 4.64. The average molecular weight is 445 g/mol. The highest BCUT2D eigenvalue weighted by Gasteiger charge is 2.49. The molecular weight excluding hydrogens is 425 g/mol. The van der Waals surface area contributed by atoms with E-state index >= 15 is 0 Å². The number of alkyl halides is 3. The molecule has 0 radical (unpaired) electrons. The van der Waals surface area contributed by atoms with Crippen LogP contribution in [0, 0.1) is 12.1 Å². The summed E-state index contributed by atoms with van der Waals surface area (Å²) in [5.74, 6) is -0.923. The van der Waals surface area contributed by atoms with Gasteiger partial charge in [0, 0.05) is 31.0 Å². The third-order valence-corrected chi connectivity index (χ3v) is 4.82. The smallest absolute Gasteiger partial charge is 0.411 e. The number of halogens is 4. The molecule has 1 aromatic carbocycles. The molecule has 0 bridgehead atoms. The van der Waals surface area contributed by atoms with Gasteiger partial charge >= 0.3 is 6.18 Å². The number of hydrogen-bond donors (Lipinski definition) is 1. The number of rotatable bonds is 8. The molecule has 2 aromatic rings. The lowest BCUT2D eigenvalue weighted by atomic mass is 9.94. The number of hydrazone groups is 1. The maximum absolute atomic E-state index is 13.3. The minimum Gasteiger partial charge on any atom is -0.483 e. The first-order valence-corrected chi connectivity index (χ1v) is 9.34. The standard InChI is InChI=1S/C19H20ClF3N4O3/c1-27(2)7-8-29-14-6-4-5-11(15(14)20)16-13(10-28-3)17(30-26-16)12-9-24-25-18(12)19(21,22)23/h5,9,12,18,25H,7-8,10H2,1-3H3. The molecule has 0 amide bonds. The minimum atomic E-state index is -4.53. The van der Waals surface area contributed by atoms with Gasteiger partial charge in [-0.3, -0.25) is 5.43 Å². The van der Waals surface area contributed by atoms with Crippen molar-refractivity contribution in [2.24, 2.45) is 5.10 Å². The normalized spacial score (nSPS) is 18.5. The molecule has 1 aliphatic rings. The predicted molar refractivity (Wildman–Crippen MR) is 104 cm³/mol. The maximum atomic E-state index is 13.3. The Balaban J connectivity index is 1.97. The summed E-state index contributed by atoms with van der Waals surface area (Å²) in [6.45, 7) is 0.992. The summed E-state index contributed by atoms with van der Waals surface area (Å²) in [6.07, 6.45) is -3.39. The fourth-order valence-corrected chi connectivity index (χ4v) is 3.21. The second-order valence-electron chi connectivity index (χ2n) is 6.88. The Labute approximate surface area is 176 Å². The van der Waals surface area contributed by atoms with E-state index in [1.165, 1.54) is 13.2 Å². The molecule has 0 spiro atoms. The fraction of sp³-hybridized carbons (Fsp3) is 0.474. The van der Waals surface area contributed by atoms with Gasteiger partial charge < -0.3 is 18.9 Å². The van der Waals surface area contributed by atoms with E-state index in [2.05, 4.69) is 27.8 Å². The predicted octanol–water partition coefficient (Wildman–Crippen LogP) is 3.29. The van der Waals surface area contributed by atoms with Gasteiger partial charge in [-0.1, -0.05) is 22.8 Å². The van der Waals surface area contributed by atoms with Crippen LogP contribution in [0.4, 0.5) is 13.2 Å². The van der Waals surface area contributed by atoms with Crippen molar-refractivity contribution in [2.75, 3.05) is 34.4 Å². The Hall–Kier alpha value is -2.48. The molecule has 11 heteroatoms. The van der Waals surface area contributed by atoms with Gasteiger partial charge in [-0.2, -0.15) is 18.3 Å². The number of methoxy groups -OCH3 is 1. The molecule has 2 atom stereocenters. The van der Waals surface area contributed by atoms with Crippen LogP contribution in [0.3, 0.4) is 0 Å². The summed E-state index contributed by atoms with van der Waals surface area (Å²) in [5, 5.41) is 7.75. The van der Waals surface area contributed by atoms with Gasteiger partial charge in [-0.05, 0) is 26.2 Å². The van der Waals surface area contributed by atoms with E-state index in [0.717, 1.165) is 6.21 Å². The van der Waals surface area contributed by atoms with E-state index in [4.69, 9.17) is 25.6 Å². The van der Waals surface area contributed by atoms with Gasteiger partial charge in [0.15, 0.2) is 17.6 Å². The zero-order chi connectivity index (χ0) is 21.9. The van der Waals surface area contributed by atoms with E-state index in [1.54, 1.807) is 0 Å². The van der Waals surface area contributed by atoms with Gasteiger partial charge in [-0.15, -0.1) is 0 Å². The quantitative estimate of drug-likeness (QED) is 0.673. The first-order valence-electron chi connectivity index (χ1n) is 8.96. The molecule has 0 saturated heterocycles. The Morgan fingerprint density at radius 3 is 2.80 bits per heavy atom. The Bertz CT molecular complexity index is 902. The van der Waals surface area contributed by atoms with Gasteiger partial charge in [-0.25, -0.2) is 0 Å². The molecule has 2 unspecified atom stereocenters. The highest BCUT2D eigenvalue weighted by Crippen LogP contribution is 2.40. The highest BCUT2D eigenvalue weighted by molar-refractivity contribution is 6.34. The Morgan fingerprint density at radius 1 is 1.37 bits per heavy atom. The molecular formula is C19H20ClF3N4O3. The van der Waals surface area contributed by atoms with E-state index in [1.807, 2.05) is 19.0 Å². The van der Waals surface area contributed by atoms with Gasteiger partial charge in [0.25, 0.3) is 0 Å². The average Bonchev–Trinajstić information content (AvgIpc) is 3.30. The van der Waals surface area contributed by atoms with Crippen molar-refractivity contribution in [3.05, 3.63) is 34.5 Å². The molecule has 162 valence electrons. The molecule has 2 heterocycles.